The van der Waals surface area contributed by atoms with Crippen molar-refractivity contribution in [3.63, 3.8) is 0 Å². The van der Waals surface area contributed by atoms with Crippen molar-refractivity contribution in [3.8, 4) is 5.75 Å². The Kier molecular flexibility index (Phi) is 10.2. The van der Waals surface area contributed by atoms with Gasteiger partial charge in [0.2, 0.25) is 0 Å². The Labute approximate surface area is 192 Å². The zero-order valence-corrected chi connectivity index (χ0v) is 19.5. The molecule has 0 radical (unpaired) electrons. The molecule has 8 heteroatoms. The minimum Gasteiger partial charge on any atom is -0.484 e. The summed E-state index contributed by atoms with van der Waals surface area (Å²) in [7, 11) is 0. The quantitative estimate of drug-likeness (QED) is 0.539. The van der Waals surface area contributed by atoms with Gasteiger partial charge in [-0.1, -0.05) is 32.0 Å². The average molecular weight is 450 g/mol. The second-order valence-corrected chi connectivity index (χ2v) is 9.11. The van der Waals surface area contributed by atoms with Crippen LogP contribution in [0.5, 0.6) is 5.75 Å². The van der Waals surface area contributed by atoms with Gasteiger partial charge in [0.15, 0.2) is 6.61 Å². The predicted molar refractivity (Wildman–Crippen MR) is 123 cm³/mol. The van der Waals surface area contributed by atoms with Gasteiger partial charge in [0, 0.05) is 52.4 Å². The number of β-amino-alcohol motifs (C(OH)–C–C–N with tert-alkyl or cyclic N) is 1. The second kappa shape index (κ2) is 13.1. The van der Waals surface area contributed by atoms with Crippen LogP contribution < -0.4 is 4.74 Å². The van der Waals surface area contributed by atoms with E-state index < -0.39 is 6.10 Å². The molecule has 180 valence electrons. The summed E-state index contributed by atoms with van der Waals surface area (Å²) < 4.78 is 17.0. The number of carbonyl (C=O) groups is 1. The van der Waals surface area contributed by atoms with Crippen molar-refractivity contribution in [2.24, 2.45) is 5.92 Å². The zero-order valence-electron chi connectivity index (χ0n) is 19.5. The lowest BCUT2D eigenvalue weighted by molar-refractivity contribution is -0.137. The highest BCUT2D eigenvalue weighted by Crippen LogP contribution is 2.12. The molecule has 0 saturated carbocycles. The fourth-order valence-electron chi connectivity index (χ4n) is 4.21. The lowest BCUT2D eigenvalue weighted by Crippen LogP contribution is -2.52. The Morgan fingerprint density at radius 2 is 1.81 bits per heavy atom. The van der Waals surface area contributed by atoms with E-state index in [1.165, 1.54) is 0 Å². The first-order chi connectivity index (χ1) is 15.5. The maximum Gasteiger partial charge on any atom is 0.260 e. The molecule has 2 heterocycles. The maximum absolute atomic E-state index is 12.9. The fourth-order valence-corrected chi connectivity index (χ4v) is 4.21. The van der Waals surface area contributed by atoms with E-state index in [9.17, 15) is 9.90 Å². The molecule has 1 aromatic carbocycles. The first-order valence-corrected chi connectivity index (χ1v) is 11.8. The molecular formula is C24H39N3O5. The highest BCUT2D eigenvalue weighted by Gasteiger charge is 2.27. The zero-order chi connectivity index (χ0) is 22.8. The fraction of sp³-hybridized carbons (Fsp3) is 0.708. The molecule has 2 unspecified atom stereocenters. The van der Waals surface area contributed by atoms with Gasteiger partial charge in [0.25, 0.3) is 5.91 Å². The van der Waals surface area contributed by atoms with Gasteiger partial charge in [-0.2, -0.15) is 0 Å². The van der Waals surface area contributed by atoms with Gasteiger partial charge in [-0.3, -0.25) is 14.6 Å². The van der Waals surface area contributed by atoms with Crippen molar-refractivity contribution >= 4 is 5.91 Å². The normalized spacial score (nSPS) is 21.4. The van der Waals surface area contributed by atoms with Crippen LogP contribution in [0.1, 0.15) is 13.8 Å². The molecule has 1 amide bonds. The largest absolute Gasteiger partial charge is 0.484 e. The molecule has 0 aromatic heterocycles. The average Bonchev–Trinajstić information content (AvgIpc) is 2.78. The molecule has 0 bridgehead atoms. The number of amides is 1. The van der Waals surface area contributed by atoms with Gasteiger partial charge in [-0.05, 0) is 18.1 Å². The lowest BCUT2D eigenvalue weighted by Gasteiger charge is -2.37. The van der Waals surface area contributed by atoms with Gasteiger partial charge >= 0.3 is 0 Å². The summed E-state index contributed by atoms with van der Waals surface area (Å²) in [5.41, 5.74) is 0. The van der Waals surface area contributed by atoms with Crippen molar-refractivity contribution in [1.82, 2.24) is 14.7 Å². The topological polar surface area (TPSA) is 74.7 Å². The summed E-state index contributed by atoms with van der Waals surface area (Å²) in [6, 6.07) is 9.41. The third-order valence-corrected chi connectivity index (χ3v) is 5.73. The molecule has 1 aromatic rings. The minimum atomic E-state index is -0.403. The molecule has 0 aliphatic carbocycles. The van der Waals surface area contributed by atoms with Gasteiger partial charge in [-0.25, -0.2) is 0 Å². The number of morpholine rings is 2. The molecule has 2 saturated heterocycles. The van der Waals surface area contributed by atoms with Crippen LogP contribution in [-0.2, 0) is 14.3 Å². The van der Waals surface area contributed by atoms with Crippen LogP contribution in [0, 0.1) is 5.92 Å². The van der Waals surface area contributed by atoms with E-state index in [4.69, 9.17) is 14.2 Å². The summed E-state index contributed by atoms with van der Waals surface area (Å²) in [5, 5.41) is 10.6. The van der Waals surface area contributed by atoms with Gasteiger partial charge in [-0.15, -0.1) is 0 Å². The molecule has 2 fully saturated rings. The van der Waals surface area contributed by atoms with Crippen molar-refractivity contribution in [3.05, 3.63) is 30.3 Å². The number of hydrogen-bond acceptors (Lipinski definition) is 7. The molecular weight excluding hydrogens is 410 g/mol. The number of rotatable bonds is 11. The number of aliphatic hydroxyl groups excluding tert-OH is 1. The van der Waals surface area contributed by atoms with E-state index in [2.05, 4.69) is 23.6 Å². The van der Waals surface area contributed by atoms with Gasteiger partial charge < -0.3 is 24.2 Å². The molecule has 32 heavy (non-hydrogen) atoms. The van der Waals surface area contributed by atoms with Crippen LogP contribution in [0.25, 0.3) is 0 Å². The number of hydrogen-bond donors (Lipinski definition) is 1. The Balaban J connectivity index is 1.47. The van der Waals surface area contributed by atoms with Crippen LogP contribution in [0.2, 0.25) is 0 Å². The molecule has 0 spiro atoms. The van der Waals surface area contributed by atoms with Crippen molar-refractivity contribution in [2.75, 3.05) is 78.8 Å². The third kappa shape index (κ3) is 8.67. The van der Waals surface area contributed by atoms with E-state index in [1.807, 2.05) is 35.2 Å². The third-order valence-electron chi connectivity index (χ3n) is 5.73. The molecule has 1 N–H and O–H groups in total. The number of ether oxygens (including phenoxy) is 3. The Morgan fingerprint density at radius 3 is 2.53 bits per heavy atom. The summed E-state index contributed by atoms with van der Waals surface area (Å²) in [4.78, 5) is 19.2. The molecule has 2 atom stereocenters. The molecule has 8 nitrogen and oxygen atoms in total. The standard InChI is InChI=1S/C24H39N3O5/c1-20(2)14-27(24(29)19-32-22-6-4-3-5-7-22)18-23-17-26(10-13-31-23)16-21(28)15-25-8-11-30-12-9-25/h3-7,20-21,23,28H,8-19H2,1-2H3. The van der Waals surface area contributed by atoms with Crippen LogP contribution in [-0.4, -0.2) is 117 Å². The van der Waals surface area contributed by atoms with E-state index >= 15 is 0 Å². The van der Waals surface area contributed by atoms with Crippen molar-refractivity contribution in [2.45, 2.75) is 26.1 Å². The van der Waals surface area contributed by atoms with E-state index in [1.54, 1.807) is 0 Å². The van der Waals surface area contributed by atoms with Gasteiger partial charge in [0.1, 0.15) is 5.75 Å². The smallest absolute Gasteiger partial charge is 0.260 e. The highest BCUT2D eigenvalue weighted by atomic mass is 16.5. The first kappa shape index (κ1) is 24.9. The number of benzene rings is 1. The predicted octanol–water partition coefficient (Wildman–Crippen LogP) is 0.944. The maximum atomic E-state index is 12.9. The molecule has 2 aliphatic heterocycles. The SMILES string of the molecule is CC(C)CN(CC1CN(CC(O)CN2CCOCC2)CCO1)C(=O)COc1ccccc1. The summed E-state index contributed by atoms with van der Waals surface area (Å²) in [5.74, 6) is 1.01. The van der Waals surface area contributed by atoms with E-state index in [0.29, 0.717) is 51.0 Å². The number of carbonyl (C=O) groups excluding carboxylic acids is 1. The number of para-hydroxylation sites is 1. The van der Waals surface area contributed by atoms with Crippen LogP contribution >= 0.6 is 0 Å². The van der Waals surface area contributed by atoms with Crippen LogP contribution in [0.15, 0.2) is 30.3 Å². The van der Waals surface area contributed by atoms with Crippen LogP contribution in [0.3, 0.4) is 0 Å². The molecule has 2 aliphatic rings. The van der Waals surface area contributed by atoms with Crippen molar-refractivity contribution in [1.29, 1.82) is 0 Å². The van der Waals surface area contributed by atoms with Crippen molar-refractivity contribution < 1.29 is 24.1 Å². The lowest BCUT2D eigenvalue weighted by atomic mass is 10.1. The van der Waals surface area contributed by atoms with E-state index in [0.717, 1.165) is 32.8 Å². The number of aliphatic hydroxyl groups is 1. The summed E-state index contributed by atoms with van der Waals surface area (Å²) in [6.07, 6.45) is -0.474. The number of nitrogens with zero attached hydrogens (tertiary/aromatic N) is 3. The van der Waals surface area contributed by atoms with E-state index in [-0.39, 0.29) is 18.6 Å². The molecule has 3 rings (SSSR count). The Morgan fingerprint density at radius 1 is 1.12 bits per heavy atom. The van der Waals surface area contributed by atoms with Crippen LogP contribution in [0.4, 0.5) is 0 Å². The Hall–Kier alpha value is -1.71. The highest BCUT2D eigenvalue weighted by molar-refractivity contribution is 5.77. The Bertz CT molecular complexity index is 669. The van der Waals surface area contributed by atoms with Gasteiger partial charge in [0.05, 0.1) is 32.0 Å². The summed E-state index contributed by atoms with van der Waals surface area (Å²) in [6.45, 7) is 12.1. The first-order valence-electron chi connectivity index (χ1n) is 11.8. The summed E-state index contributed by atoms with van der Waals surface area (Å²) >= 11 is 0. The monoisotopic (exact) mass is 449 g/mol. The second-order valence-electron chi connectivity index (χ2n) is 9.11. The minimum absolute atomic E-state index is 0.0193.